The topological polar surface area (TPSA) is 89.4 Å². The third-order valence-electron chi connectivity index (χ3n) is 2.39. The minimum absolute atomic E-state index is 0.151. The summed E-state index contributed by atoms with van der Waals surface area (Å²) in [6.45, 7) is 0.742. The maximum Gasteiger partial charge on any atom is 0.129 e. The minimum atomic E-state index is 0.151. The smallest absolute Gasteiger partial charge is 0.129 e. The molecule has 0 aliphatic carbocycles. The van der Waals surface area contributed by atoms with Gasteiger partial charge in [0.25, 0.3) is 0 Å². The number of hydrogen-bond donors (Lipinski definition) is 2. The van der Waals surface area contributed by atoms with E-state index in [0.29, 0.717) is 0 Å². The van der Waals surface area contributed by atoms with E-state index >= 15 is 0 Å². The lowest BCUT2D eigenvalue weighted by Crippen LogP contribution is -2.29. The number of hydrogen-bond acceptors (Lipinski definition) is 5. The van der Waals surface area contributed by atoms with Gasteiger partial charge in [-0.3, -0.25) is 5.01 Å². The summed E-state index contributed by atoms with van der Waals surface area (Å²) in [4.78, 5) is 0. The second kappa shape index (κ2) is 4.38. The van der Waals surface area contributed by atoms with Gasteiger partial charge >= 0.3 is 0 Å². The molecule has 0 bridgehead atoms. The highest BCUT2D eigenvalue weighted by atomic mass is 16.6. The maximum absolute atomic E-state index is 5.69. The third-order valence-corrected chi connectivity index (χ3v) is 2.39. The van der Waals surface area contributed by atoms with Gasteiger partial charge in [-0.05, 0) is 6.07 Å². The highest BCUT2D eigenvalue weighted by Gasteiger charge is 2.28. The molecule has 16 heavy (non-hydrogen) atoms. The third kappa shape index (κ3) is 2.07. The van der Waals surface area contributed by atoms with E-state index in [1.54, 1.807) is 7.11 Å². The quantitative estimate of drug-likeness (QED) is 0.252. The molecule has 2 rings (SSSR count). The van der Waals surface area contributed by atoms with Crippen LogP contribution in [0.2, 0.25) is 0 Å². The summed E-state index contributed by atoms with van der Waals surface area (Å²) in [6, 6.07) is 5.61. The Morgan fingerprint density at radius 3 is 2.94 bits per heavy atom. The first-order valence-corrected chi connectivity index (χ1v) is 4.83. The summed E-state index contributed by atoms with van der Waals surface area (Å²) < 4.78 is 10.5. The first-order valence-electron chi connectivity index (χ1n) is 4.83. The standard InChI is InChI=1S/C10H14N4O2/c1-15-9-4-7(14(12)6-13-11)2-3-8(9)10-5-16-10/h2-4,6,10H,5,11-12H2,1H3/b13-6-/t10-/m1/s1. The molecular formula is C10H14N4O2. The second-order valence-electron chi connectivity index (χ2n) is 3.42. The molecule has 0 spiro atoms. The zero-order valence-corrected chi connectivity index (χ0v) is 8.96. The summed E-state index contributed by atoms with van der Waals surface area (Å²) in [5.41, 5.74) is 1.78. The van der Waals surface area contributed by atoms with Crippen molar-refractivity contribution in [3.05, 3.63) is 23.8 Å². The molecule has 86 valence electrons. The Balaban J connectivity index is 2.28. The van der Waals surface area contributed by atoms with E-state index in [2.05, 4.69) is 5.10 Å². The molecule has 1 aromatic rings. The molecule has 1 aliphatic rings. The zero-order valence-electron chi connectivity index (χ0n) is 8.96. The molecule has 0 saturated carbocycles. The maximum atomic E-state index is 5.69. The van der Waals surface area contributed by atoms with E-state index in [9.17, 15) is 0 Å². The number of anilines is 1. The first kappa shape index (κ1) is 10.7. The molecule has 0 amide bonds. The molecule has 1 heterocycles. The molecule has 6 heteroatoms. The summed E-state index contributed by atoms with van der Waals surface area (Å²) in [7, 11) is 1.61. The van der Waals surface area contributed by atoms with Crippen molar-refractivity contribution in [3.8, 4) is 5.75 Å². The Kier molecular flexibility index (Phi) is 2.93. The Morgan fingerprint density at radius 1 is 1.62 bits per heavy atom. The molecule has 1 fully saturated rings. The summed E-state index contributed by atoms with van der Waals surface area (Å²) in [6.07, 6.45) is 1.47. The van der Waals surface area contributed by atoms with Crippen LogP contribution in [0.4, 0.5) is 5.69 Å². The minimum Gasteiger partial charge on any atom is -0.496 e. The van der Waals surface area contributed by atoms with E-state index in [4.69, 9.17) is 21.2 Å². The van der Waals surface area contributed by atoms with Gasteiger partial charge in [-0.2, -0.15) is 5.10 Å². The SMILES string of the molecule is COc1cc(N(N)/C=N\N)ccc1[C@H]1CO1. The van der Waals surface area contributed by atoms with Gasteiger partial charge in [-0.25, -0.2) is 5.84 Å². The lowest BCUT2D eigenvalue weighted by atomic mass is 10.1. The van der Waals surface area contributed by atoms with Crippen LogP contribution in [0.25, 0.3) is 0 Å². The number of ether oxygens (including phenoxy) is 2. The van der Waals surface area contributed by atoms with Crippen LogP contribution in [0.3, 0.4) is 0 Å². The van der Waals surface area contributed by atoms with Crippen molar-refractivity contribution in [1.82, 2.24) is 0 Å². The summed E-state index contributed by atoms with van der Waals surface area (Å²) in [5.74, 6) is 11.5. The van der Waals surface area contributed by atoms with E-state index in [1.807, 2.05) is 18.2 Å². The molecule has 1 aromatic carbocycles. The number of hydrazine groups is 1. The van der Waals surface area contributed by atoms with Crippen LogP contribution >= 0.6 is 0 Å². The first-order chi connectivity index (χ1) is 7.76. The van der Waals surface area contributed by atoms with E-state index in [-0.39, 0.29) is 6.10 Å². The zero-order chi connectivity index (χ0) is 11.5. The molecule has 1 atom stereocenters. The number of rotatable bonds is 4. The molecule has 4 N–H and O–H groups in total. The van der Waals surface area contributed by atoms with Gasteiger partial charge in [0, 0.05) is 11.6 Å². The Hall–Kier alpha value is -1.79. The predicted molar refractivity (Wildman–Crippen MR) is 61.0 cm³/mol. The van der Waals surface area contributed by atoms with E-state index < -0.39 is 0 Å². The lowest BCUT2D eigenvalue weighted by Gasteiger charge is -2.14. The number of methoxy groups -OCH3 is 1. The average Bonchev–Trinajstić information content (AvgIpc) is 3.12. The van der Waals surface area contributed by atoms with Crippen molar-refractivity contribution in [2.24, 2.45) is 16.8 Å². The van der Waals surface area contributed by atoms with Gasteiger partial charge in [0.05, 0.1) is 19.4 Å². The Labute approximate surface area is 93.4 Å². The van der Waals surface area contributed by atoms with Crippen molar-refractivity contribution in [1.29, 1.82) is 0 Å². The van der Waals surface area contributed by atoms with Crippen LogP contribution in [0.5, 0.6) is 5.75 Å². The summed E-state index contributed by atoms with van der Waals surface area (Å²) in [5, 5.41) is 4.67. The predicted octanol–water partition coefficient (Wildman–Crippen LogP) is 0.349. The van der Waals surface area contributed by atoms with Crippen molar-refractivity contribution in [2.75, 3.05) is 18.7 Å². The average molecular weight is 222 g/mol. The van der Waals surface area contributed by atoms with Gasteiger partial charge in [0.2, 0.25) is 0 Å². The fourth-order valence-electron chi connectivity index (χ4n) is 1.49. The molecule has 1 saturated heterocycles. The van der Waals surface area contributed by atoms with Crippen LogP contribution in [-0.4, -0.2) is 20.1 Å². The van der Waals surface area contributed by atoms with Crippen molar-refractivity contribution in [2.45, 2.75) is 6.10 Å². The highest BCUT2D eigenvalue weighted by Crippen LogP contribution is 2.37. The van der Waals surface area contributed by atoms with Crippen LogP contribution < -0.4 is 21.4 Å². The van der Waals surface area contributed by atoms with Crippen LogP contribution in [0.1, 0.15) is 11.7 Å². The van der Waals surface area contributed by atoms with Gasteiger partial charge in [0.15, 0.2) is 0 Å². The second-order valence-corrected chi connectivity index (χ2v) is 3.42. The van der Waals surface area contributed by atoms with Gasteiger partial charge in [-0.15, -0.1) is 0 Å². The normalized spacial score (nSPS) is 18.8. The number of nitrogens with two attached hydrogens (primary N) is 2. The largest absolute Gasteiger partial charge is 0.496 e. The van der Waals surface area contributed by atoms with Crippen LogP contribution in [-0.2, 0) is 4.74 Å². The molecule has 1 aliphatic heterocycles. The van der Waals surface area contributed by atoms with Gasteiger partial charge < -0.3 is 15.3 Å². The number of epoxide rings is 1. The fraction of sp³-hybridized carbons (Fsp3) is 0.300. The van der Waals surface area contributed by atoms with Gasteiger partial charge in [-0.1, -0.05) is 6.07 Å². The van der Waals surface area contributed by atoms with Crippen LogP contribution in [0, 0.1) is 0 Å². The van der Waals surface area contributed by atoms with Gasteiger partial charge in [0.1, 0.15) is 18.2 Å². The van der Waals surface area contributed by atoms with E-state index in [0.717, 1.165) is 23.6 Å². The Bertz CT molecular complexity index is 404. The van der Waals surface area contributed by atoms with Crippen molar-refractivity contribution < 1.29 is 9.47 Å². The number of benzene rings is 1. The molecule has 0 radical (unpaired) electrons. The molecule has 6 nitrogen and oxygen atoms in total. The number of nitrogens with zero attached hydrogens (tertiary/aromatic N) is 2. The van der Waals surface area contributed by atoms with Crippen LogP contribution in [0.15, 0.2) is 23.3 Å². The highest BCUT2D eigenvalue weighted by molar-refractivity contribution is 5.78. The summed E-state index contributed by atoms with van der Waals surface area (Å²) >= 11 is 0. The Morgan fingerprint density at radius 2 is 2.38 bits per heavy atom. The molecule has 0 aromatic heterocycles. The van der Waals surface area contributed by atoms with Crippen molar-refractivity contribution >= 4 is 12.0 Å². The monoisotopic (exact) mass is 222 g/mol. The van der Waals surface area contributed by atoms with E-state index in [1.165, 1.54) is 11.3 Å². The lowest BCUT2D eigenvalue weighted by molar-refractivity contribution is 0.383. The fourth-order valence-corrected chi connectivity index (χ4v) is 1.49. The molecular weight excluding hydrogens is 208 g/mol. The van der Waals surface area contributed by atoms with Crippen molar-refractivity contribution in [3.63, 3.8) is 0 Å². The number of hydrazone groups is 1. The molecule has 0 unspecified atom stereocenters.